The summed E-state index contributed by atoms with van der Waals surface area (Å²) in [7, 11) is 1.61. The van der Waals surface area contributed by atoms with E-state index in [0.717, 1.165) is 5.69 Å². The van der Waals surface area contributed by atoms with E-state index in [2.05, 4.69) is 4.98 Å². The predicted molar refractivity (Wildman–Crippen MR) is 45.7 cm³/mol. The predicted octanol–water partition coefficient (Wildman–Crippen LogP) is -0.0962. The van der Waals surface area contributed by atoms with Crippen molar-refractivity contribution in [3.8, 4) is 5.88 Å². The summed E-state index contributed by atoms with van der Waals surface area (Å²) in [4.78, 5) is 4.07. The highest BCUT2D eigenvalue weighted by molar-refractivity contribution is 6.13. The molecule has 0 spiro atoms. The molecule has 5 heteroatoms. The van der Waals surface area contributed by atoms with Crippen LogP contribution in [-0.2, 0) is 0 Å². The molecule has 0 aliphatic carbocycles. The number of pyridine rings is 1. The minimum absolute atomic E-state index is 0. The lowest BCUT2D eigenvalue weighted by atomic mass is 10.4. The molecule has 0 bridgehead atoms. The van der Waals surface area contributed by atoms with Gasteiger partial charge in [-0.05, 0) is 13.0 Å². The summed E-state index contributed by atoms with van der Waals surface area (Å²) in [6.45, 7) is 1.93. The van der Waals surface area contributed by atoms with Crippen molar-refractivity contribution < 1.29 is 14.8 Å². The van der Waals surface area contributed by atoms with Gasteiger partial charge >= 0.3 is 7.69 Å². The van der Waals surface area contributed by atoms with Crippen LogP contribution in [0.4, 0.5) is 0 Å². The fraction of sp³-hybridized carbons (Fsp3) is 0.286. The van der Waals surface area contributed by atoms with Gasteiger partial charge in [0.15, 0.2) is 0 Å². The molecule has 2 N–H and O–H groups in total. The second-order valence-electron chi connectivity index (χ2n) is 1.94. The number of methoxy groups -OCH3 is 1. The topological polar surface area (TPSA) is 62.6 Å². The molecule has 0 fully saturated rings. The van der Waals surface area contributed by atoms with Gasteiger partial charge in [0.05, 0.1) is 7.11 Å². The molecule has 0 unspecified atom stereocenters. The number of ether oxygens (including phenoxy) is 1. The second-order valence-corrected chi connectivity index (χ2v) is 1.94. The first-order chi connectivity index (χ1) is 5.74. The Balaban J connectivity index is 0.000000354. The molecule has 65 valence electrons. The van der Waals surface area contributed by atoms with Crippen LogP contribution in [0.15, 0.2) is 18.2 Å². The van der Waals surface area contributed by atoms with Gasteiger partial charge in [-0.2, -0.15) is 0 Å². The zero-order chi connectivity index (χ0) is 9.40. The van der Waals surface area contributed by atoms with E-state index in [9.17, 15) is 0 Å². The molecule has 0 amide bonds. The molecule has 0 aromatic carbocycles. The van der Waals surface area contributed by atoms with E-state index in [0.29, 0.717) is 5.88 Å². The maximum absolute atomic E-state index is 7.00. The monoisotopic (exact) mass is 168 g/mol. The highest BCUT2D eigenvalue weighted by atomic mass is 16.5. The van der Waals surface area contributed by atoms with Crippen molar-refractivity contribution in [2.45, 2.75) is 6.92 Å². The van der Waals surface area contributed by atoms with Crippen molar-refractivity contribution in [2.75, 3.05) is 7.11 Å². The standard InChI is InChI=1S/C7H9NO.BH2O2/c1-6-4-3-5-7(8-6)9-2;2-1-3/h3-5H,1-2H3;2-3H. The van der Waals surface area contributed by atoms with Gasteiger partial charge in [0.25, 0.3) is 0 Å². The Morgan fingerprint density at radius 2 is 2.00 bits per heavy atom. The largest absolute Gasteiger partial charge is 0.482 e. The summed E-state index contributed by atoms with van der Waals surface area (Å²) >= 11 is 0. The molecular weight excluding hydrogens is 157 g/mol. The third-order valence-electron chi connectivity index (χ3n) is 1.07. The molecule has 12 heavy (non-hydrogen) atoms. The number of hydrogen-bond acceptors (Lipinski definition) is 4. The van der Waals surface area contributed by atoms with Gasteiger partial charge < -0.3 is 14.8 Å². The van der Waals surface area contributed by atoms with E-state index < -0.39 is 0 Å². The molecule has 0 aliphatic rings. The number of nitrogens with zero attached hydrogens (tertiary/aromatic N) is 1. The van der Waals surface area contributed by atoms with Crippen LogP contribution in [0.3, 0.4) is 0 Å². The first-order valence-corrected chi connectivity index (χ1v) is 3.32. The highest BCUT2D eigenvalue weighted by Gasteiger charge is 1.88. The van der Waals surface area contributed by atoms with Crippen molar-refractivity contribution >= 4 is 7.69 Å². The molecule has 1 aromatic rings. The highest BCUT2D eigenvalue weighted by Crippen LogP contribution is 2.04. The van der Waals surface area contributed by atoms with Gasteiger partial charge in [-0.25, -0.2) is 4.98 Å². The zero-order valence-corrected chi connectivity index (χ0v) is 7.06. The molecule has 1 rings (SSSR count). The number of rotatable bonds is 1. The average molecular weight is 168 g/mol. The van der Waals surface area contributed by atoms with Crippen LogP contribution >= 0.6 is 0 Å². The summed E-state index contributed by atoms with van der Waals surface area (Å²) in [6, 6.07) is 5.68. The van der Waals surface area contributed by atoms with Gasteiger partial charge in [-0.15, -0.1) is 0 Å². The Bertz CT molecular complexity index is 220. The van der Waals surface area contributed by atoms with Crippen LogP contribution in [0.2, 0.25) is 0 Å². The van der Waals surface area contributed by atoms with E-state index in [1.54, 1.807) is 7.11 Å². The van der Waals surface area contributed by atoms with Crippen LogP contribution < -0.4 is 4.74 Å². The first-order valence-electron chi connectivity index (χ1n) is 3.32. The Hall–Kier alpha value is -1.07. The fourth-order valence-electron chi connectivity index (χ4n) is 0.632. The SMILES string of the molecule is COc1cccc(C)n1.O[B]O. The quantitative estimate of drug-likeness (QED) is 0.575. The minimum Gasteiger partial charge on any atom is -0.481 e. The molecule has 1 aromatic heterocycles. The van der Waals surface area contributed by atoms with Gasteiger partial charge in [-0.3, -0.25) is 0 Å². The summed E-state index contributed by atoms with van der Waals surface area (Å²) in [6.07, 6.45) is 0. The van der Waals surface area contributed by atoms with Crippen LogP contribution in [0.1, 0.15) is 5.69 Å². The van der Waals surface area contributed by atoms with Gasteiger partial charge in [0.1, 0.15) is 0 Å². The van der Waals surface area contributed by atoms with Crippen molar-refractivity contribution in [3.63, 3.8) is 0 Å². The summed E-state index contributed by atoms with van der Waals surface area (Å²) in [5.41, 5.74) is 0.981. The van der Waals surface area contributed by atoms with Crippen LogP contribution in [0.25, 0.3) is 0 Å². The lowest BCUT2D eigenvalue weighted by Crippen LogP contribution is -1.87. The van der Waals surface area contributed by atoms with E-state index in [4.69, 9.17) is 14.8 Å². The third kappa shape index (κ3) is 4.70. The van der Waals surface area contributed by atoms with E-state index in [1.165, 1.54) is 0 Å². The maximum atomic E-state index is 7.00. The van der Waals surface area contributed by atoms with Crippen LogP contribution in [0.5, 0.6) is 5.88 Å². The van der Waals surface area contributed by atoms with Crippen molar-refractivity contribution in [1.82, 2.24) is 4.98 Å². The second kappa shape index (κ2) is 6.63. The molecule has 1 radical (unpaired) electrons. The Morgan fingerprint density at radius 1 is 1.42 bits per heavy atom. The molecular formula is C7H11BNO3. The average Bonchev–Trinajstić information content (AvgIpc) is 2.06. The fourth-order valence-corrected chi connectivity index (χ4v) is 0.632. The van der Waals surface area contributed by atoms with E-state index in [1.807, 2.05) is 25.1 Å². The van der Waals surface area contributed by atoms with Crippen molar-refractivity contribution in [1.29, 1.82) is 0 Å². The molecule has 0 atom stereocenters. The molecule has 0 aliphatic heterocycles. The summed E-state index contributed by atoms with van der Waals surface area (Å²) < 4.78 is 4.88. The van der Waals surface area contributed by atoms with Gasteiger partial charge in [-0.1, -0.05) is 6.07 Å². The van der Waals surface area contributed by atoms with Crippen molar-refractivity contribution in [2.24, 2.45) is 0 Å². The van der Waals surface area contributed by atoms with E-state index in [-0.39, 0.29) is 7.69 Å². The molecule has 0 saturated heterocycles. The normalized spacial score (nSPS) is 8.00. The number of hydrogen-bond donors (Lipinski definition) is 2. The third-order valence-corrected chi connectivity index (χ3v) is 1.07. The summed E-state index contributed by atoms with van der Waals surface area (Å²) in [5.74, 6) is 0.676. The van der Waals surface area contributed by atoms with Gasteiger partial charge in [0.2, 0.25) is 5.88 Å². The smallest absolute Gasteiger partial charge is 0.481 e. The maximum Gasteiger partial charge on any atom is 0.482 e. The van der Waals surface area contributed by atoms with Crippen LogP contribution in [0, 0.1) is 6.92 Å². The molecule has 1 heterocycles. The van der Waals surface area contributed by atoms with Gasteiger partial charge in [0, 0.05) is 11.8 Å². The molecule has 4 nitrogen and oxygen atoms in total. The van der Waals surface area contributed by atoms with Crippen LogP contribution in [-0.4, -0.2) is 29.8 Å². The minimum atomic E-state index is 0. The number of aryl methyl sites for hydroxylation is 1. The zero-order valence-electron chi connectivity index (χ0n) is 7.06. The molecule has 0 saturated carbocycles. The summed E-state index contributed by atoms with van der Waals surface area (Å²) in [5, 5.41) is 14.0. The number of aromatic nitrogens is 1. The van der Waals surface area contributed by atoms with E-state index >= 15 is 0 Å². The van der Waals surface area contributed by atoms with Crippen molar-refractivity contribution in [3.05, 3.63) is 23.9 Å². The Morgan fingerprint density at radius 3 is 2.33 bits per heavy atom. The lowest BCUT2D eigenvalue weighted by molar-refractivity contribution is 0.397. The first kappa shape index (κ1) is 10.9. The Kier molecular flexibility index (Phi) is 6.04. The lowest BCUT2D eigenvalue weighted by Gasteiger charge is -1.96. The Labute approximate surface area is 72.1 Å².